The third-order valence-electron chi connectivity index (χ3n) is 2.90. The SMILES string of the molecule is CC(OC(=O)c1cc(Cl)ccc1F)C(=O)N1CCNC1=O. The maximum Gasteiger partial charge on any atom is 0.341 e. The number of urea groups is 1. The van der Waals surface area contributed by atoms with Crippen molar-refractivity contribution in [1.82, 2.24) is 10.2 Å². The number of rotatable bonds is 3. The van der Waals surface area contributed by atoms with Gasteiger partial charge in [-0.2, -0.15) is 0 Å². The van der Waals surface area contributed by atoms with Crippen molar-refractivity contribution in [3.8, 4) is 0 Å². The molecule has 0 bridgehead atoms. The maximum atomic E-state index is 13.5. The molecule has 0 aliphatic carbocycles. The molecule has 2 rings (SSSR count). The lowest BCUT2D eigenvalue weighted by Gasteiger charge is -2.18. The number of carbonyl (C=O) groups excluding carboxylic acids is 3. The molecule has 1 atom stereocenters. The summed E-state index contributed by atoms with van der Waals surface area (Å²) in [7, 11) is 0. The lowest BCUT2D eigenvalue weighted by molar-refractivity contribution is -0.136. The third kappa shape index (κ3) is 3.30. The predicted molar refractivity (Wildman–Crippen MR) is 71.4 cm³/mol. The Morgan fingerprint density at radius 2 is 2.19 bits per heavy atom. The average Bonchev–Trinajstić information content (AvgIpc) is 2.86. The zero-order valence-electron chi connectivity index (χ0n) is 11.1. The number of hydrogen-bond donors (Lipinski definition) is 1. The smallest absolute Gasteiger partial charge is 0.341 e. The Kier molecular flexibility index (Phi) is 4.42. The quantitative estimate of drug-likeness (QED) is 0.859. The van der Waals surface area contributed by atoms with Crippen LogP contribution in [0.2, 0.25) is 5.02 Å². The van der Waals surface area contributed by atoms with Crippen molar-refractivity contribution in [2.75, 3.05) is 13.1 Å². The normalized spacial score (nSPS) is 15.6. The van der Waals surface area contributed by atoms with Gasteiger partial charge in [-0.05, 0) is 25.1 Å². The van der Waals surface area contributed by atoms with Gasteiger partial charge in [0.05, 0.1) is 5.56 Å². The van der Waals surface area contributed by atoms with Crippen molar-refractivity contribution < 1.29 is 23.5 Å². The number of imide groups is 1. The molecule has 8 heteroatoms. The van der Waals surface area contributed by atoms with E-state index < -0.39 is 29.8 Å². The van der Waals surface area contributed by atoms with E-state index in [-0.39, 0.29) is 17.1 Å². The van der Waals surface area contributed by atoms with Crippen LogP contribution in [0.3, 0.4) is 0 Å². The molecular formula is C13H12ClFN2O4. The van der Waals surface area contributed by atoms with E-state index >= 15 is 0 Å². The summed E-state index contributed by atoms with van der Waals surface area (Å²) in [5.74, 6) is -2.49. The highest BCUT2D eigenvalue weighted by molar-refractivity contribution is 6.30. The molecule has 1 unspecified atom stereocenters. The van der Waals surface area contributed by atoms with Crippen molar-refractivity contribution >= 4 is 29.5 Å². The largest absolute Gasteiger partial charge is 0.449 e. The van der Waals surface area contributed by atoms with Gasteiger partial charge < -0.3 is 10.1 Å². The van der Waals surface area contributed by atoms with E-state index in [1.165, 1.54) is 13.0 Å². The van der Waals surface area contributed by atoms with E-state index in [1.54, 1.807) is 0 Å². The van der Waals surface area contributed by atoms with Crippen LogP contribution in [-0.4, -0.2) is 42.0 Å². The summed E-state index contributed by atoms with van der Waals surface area (Å²) in [6, 6.07) is 2.88. The van der Waals surface area contributed by atoms with Gasteiger partial charge in [0.2, 0.25) is 0 Å². The van der Waals surface area contributed by atoms with E-state index in [1.807, 2.05) is 0 Å². The Morgan fingerprint density at radius 3 is 2.81 bits per heavy atom. The van der Waals surface area contributed by atoms with Gasteiger partial charge in [-0.1, -0.05) is 11.6 Å². The zero-order valence-corrected chi connectivity index (χ0v) is 11.8. The van der Waals surface area contributed by atoms with Gasteiger partial charge in [0.25, 0.3) is 5.91 Å². The predicted octanol–water partition coefficient (Wildman–Crippen LogP) is 1.58. The fraction of sp³-hybridized carbons (Fsp3) is 0.308. The molecule has 1 aliphatic heterocycles. The first kappa shape index (κ1) is 15.2. The molecule has 21 heavy (non-hydrogen) atoms. The molecule has 0 radical (unpaired) electrons. The van der Waals surface area contributed by atoms with Crippen LogP contribution >= 0.6 is 11.6 Å². The Hall–Kier alpha value is -2.15. The van der Waals surface area contributed by atoms with E-state index in [4.69, 9.17) is 16.3 Å². The molecule has 1 aromatic rings. The Bertz CT molecular complexity index is 608. The molecule has 6 nitrogen and oxygen atoms in total. The van der Waals surface area contributed by atoms with Crippen molar-refractivity contribution in [2.24, 2.45) is 0 Å². The second-order valence-corrected chi connectivity index (χ2v) is 4.83. The molecule has 0 spiro atoms. The minimum Gasteiger partial charge on any atom is -0.449 e. The van der Waals surface area contributed by atoms with Crippen molar-refractivity contribution in [3.63, 3.8) is 0 Å². The zero-order chi connectivity index (χ0) is 15.6. The minimum absolute atomic E-state index is 0.168. The number of halogens is 2. The van der Waals surface area contributed by atoms with Gasteiger partial charge >= 0.3 is 12.0 Å². The molecule has 1 heterocycles. The summed E-state index contributed by atoms with van der Waals surface area (Å²) < 4.78 is 18.4. The van der Waals surface area contributed by atoms with Crippen LogP contribution in [0.25, 0.3) is 0 Å². The molecule has 3 amide bonds. The van der Waals surface area contributed by atoms with Crippen molar-refractivity contribution in [2.45, 2.75) is 13.0 Å². The van der Waals surface area contributed by atoms with Crippen LogP contribution in [0.1, 0.15) is 17.3 Å². The van der Waals surface area contributed by atoms with Gasteiger partial charge in [0.15, 0.2) is 6.10 Å². The molecule has 1 saturated heterocycles. The highest BCUT2D eigenvalue weighted by Gasteiger charge is 2.32. The summed E-state index contributed by atoms with van der Waals surface area (Å²) in [5, 5.41) is 2.62. The third-order valence-corrected chi connectivity index (χ3v) is 3.14. The van der Waals surface area contributed by atoms with Crippen LogP contribution < -0.4 is 5.32 Å². The molecular weight excluding hydrogens is 303 g/mol. The van der Waals surface area contributed by atoms with Gasteiger partial charge in [0.1, 0.15) is 5.82 Å². The van der Waals surface area contributed by atoms with Gasteiger partial charge in [-0.25, -0.2) is 14.0 Å². The Labute approximate surface area is 124 Å². The highest BCUT2D eigenvalue weighted by atomic mass is 35.5. The van der Waals surface area contributed by atoms with Crippen LogP contribution in [0.5, 0.6) is 0 Å². The van der Waals surface area contributed by atoms with Crippen LogP contribution in [0, 0.1) is 5.82 Å². The van der Waals surface area contributed by atoms with Crippen molar-refractivity contribution in [1.29, 1.82) is 0 Å². The molecule has 1 aromatic carbocycles. The van der Waals surface area contributed by atoms with Crippen molar-refractivity contribution in [3.05, 3.63) is 34.6 Å². The first-order valence-corrected chi connectivity index (χ1v) is 6.53. The average molecular weight is 315 g/mol. The Morgan fingerprint density at radius 1 is 1.48 bits per heavy atom. The first-order chi connectivity index (χ1) is 9.90. The molecule has 112 valence electrons. The fourth-order valence-electron chi connectivity index (χ4n) is 1.83. The molecule has 1 fully saturated rings. The van der Waals surface area contributed by atoms with Crippen LogP contribution in [0.4, 0.5) is 9.18 Å². The van der Waals surface area contributed by atoms with Gasteiger partial charge in [-0.15, -0.1) is 0 Å². The number of nitrogens with zero attached hydrogens (tertiary/aromatic N) is 1. The lowest BCUT2D eigenvalue weighted by Crippen LogP contribution is -2.41. The Balaban J connectivity index is 2.06. The van der Waals surface area contributed by atoms with E-state index in [9.17, 15) is 18.8 Å². The molecule has 0 saturated carbocycles. The number of amides is 3. The summed E-state index contributed by atoms with van der Waals surface area (Å²) in [5.41, 5.74) is -0.368. The van der Waals surface area contributed by atoms with Crippen LogP contribution in [0.15, 0.2) is 18.2 Å². The minimum atomic E-state index is -1.21. The number of ether oxygens (including phenoxy) is 1. The van der Waals surface area contributed by atoms with Crippen LogP contribution in [-0.2, 0) is 9.53 Å². The van der Waals surface area contributed by atoms with E-state index in [0.717, 1.165) is 17.0 Å². The second-order valence-electron chi connectivity index (χ2n) is 4.39. The number of nitrogens with one attached hydrogen (secondary N) is 1. The number of carbonyl (C=O) groups is 3. The highest BCUT2D eigenvalue weighted by Crippen LogP contribution is 2.17. The topological polar surface area (TPSA) is 75.7 Å². The summed E-state index contributed by atoms with van der Waals surface area (Å²) in [6.45, 7) is 1.85. The maximum absolute atomic E-state index is 13.5. The summed E-state index contributed by atoms with van der Waals surface area (Å²) >= 11 is 5.68. The molecule has 1 N–H and O–H groups in total. The van der Waals surface area contributed by atoms with E-state index in [2.05, 4.69) is 5.32 Å². The standard InChI is InChI=1S/C13H12ClFN2O4/c1-7(11(18)17-5-4-16-13(17)20)21-12(19)9-6-8(14)2-3-10(9)15/h2-3,6-7H,4-5H2,1H3,(H,16,20). The summed E-state index contributed by atoms with van der Waals surface area (Å²) in [6.07, 6.45) is -1.21. The molecule has 1 aliphatic rings. The first-order valence-electron chi connectivity index (χ1n) is 6.15. The molecule has 0 aromatic heterocycles. The van der Waals surface area contributed by atoms with Gasteiger partial charge in [0, 0.05) is 18.1 Å². The summed E-state index contributed by atoms with van der Waals surface area (Å²) in [4.78, 5) is 36.1. The fourth-order valence-corrected chi connectivity index (χ4v) is 2.00. The number of esters is 1. The van der Waals surface area contributed by atoms with Gasteiger partial charge in [-0.3, -0.25) is 9.69 Å². The monoisotopic (exact) mass is 314 g/mol. The van der Waals surface area contributed by atoms with E-state index in [0.29, 0.717) is 6.54 Å². The number of hydrogen-bond acceptors (Lipinski definition) is 4. The number of benzene rings is 1. The second kappa shape index (κ2) is 6.09. The lowest BCUT2D eigenvalue weighted by atomic mass is 10.2.